The van der Waals surface area contributed by atoms with Crippen molar-refractivity contribution in [2.75, 3.05) is 18.5 Å². The van der Waals surface area contributed by atoms with Crippen LogP contribution in [0.25, 0.3) is 0 Å². The number of likely N-dealkylation sites (N-methyl/N-ethyl adjacent to an activating group) is 1. The molecule has 0 amide bonds. The Kier molecular flexibility index (Phi) is 3.99. The molecule has 2 fully saturated rings. The molecule has 0 atom stereocenters. The summed E-state index contributed by atoms with van der Waals surface area (Å²) in [5.74, 6) is 0. The maximum Gasteiger partial charge on any atom is 0.0821 e. The molecular formula is C17H26N2O. The van der Waals surface area contributed by atoms with Crippen molar-refractivity contribution in [2.45, 2.75) is 56.7 Å². The van der Waals surface area contributed by atoms with E-state index in [9.17, 15) is 5.11 Å². The molecule has 1 aromatic carbocycles. The monoisotopic (exact) mass is 274 g/mol. The third-order valence-electron chi connectivity index (χ3n) is 4.63. The number of benzene rings is 1. The predicted octanol–water partition coefficient (Wildman–Crippen LogP) is 2.68. The maximum absolute atomic E-state index is 10.6. The second-order valence-corrected chi connectivity index (χ2v) is 6.57. The van der Waals surface area contributed by atoms with Gasteiger partial charge in [-0.1, -0.05) is 31.0 Å². The molecule has 0 bridgehead atoms. The fourth-order valence-electron chi connectivity index (χ4n) is 3.29. The van der Waals surface area contributed by atoms with Gasteiger partial charge in [0.25, 0.3) is 0 Å². The Morgan fingerprint density at radius 1 is 1.25 bits per heavy atom. The lowest BCUT2D eigenvalue weighted by Gasteiger charge is -2.31. The largest absolute Gasteiger partial charge is 0.388 e. The Balaban J connectivity index is 1.67. The SMILES string of the molecule is CN(CC1(O)CCCC1)c1ccccc1CNC1CC1. The quantitative estimate of drug-likeness (QED) is 0.837. The van der Waals surface area contributed by atoms with Gasteiger partial charge in [0.05, 0.1) is 5.60 Å². The molecule has 20 heavy (non-hydrogen) atoms. The summed E-state index contributed by atoms with van der Waals surface area (Å²) < 4.78 is 0. The second-order valence-electron chi connectivity index (χ2n) is 6.57. The summed E-state index contributed by atoms with van der Waals surface area (Å²) in [6.07, 6.45) is 6.85. The minimum absolute atomic E-state index is 0.480. The van der Waals surface area contributed by atoms with E-state index in [1.807, 2.05) is 0 Å². The molecule has 3 heteroatoms. The van der Waals surface area contributed by atoms with Crippen LogP contribution in [0.15, 0.2) is 24.3 Å². The van der Waals surface area contributed by atoms with Crippen LogP contribution in [0.5, 0.6) is 0 Å². The summed E-state index contributed by atoms with van der Waals surface area (Å²) in [5.41, 5.74) is 2.11. The van der Waals surface area contributed by atoms with Gasteiger partial charge in [-0.05, 0) is 37.3 Å². The number of nitrogens with zero attached hydrogens (tertiary/aromatic N) is 1. The minimum atomic E-state index is -0.480. The van der Waals surface area contributed by atoms with Gasteiger partial charge in [0, 0.05) is 31.9 Å². The van der Waals surface area contributed by atoms with E-state index in [1.165, 1.54) is 24.1 Å². The van der Waals surface area contributed by atoms with Gasteiger partial charge in [-0.15, -0.1) is 0 Å². The van der Waals surface area contributed by atoms with E-state index < -0.39 is 5.60 Å². The number of aliphatic hydroxyl groups is 1. The third-order valence-corrected chi connectivity index (χ3v) is 4.63. The van der Waals surface area contributed by atoms with Gasteiger partial charge in [-0.25, -0.2) is 0 Å². The van der Waals surface area contributed by atoms with Crippen LogP contribution < -0.4 is 10.2 Å². The number of rotatable bonds is 6. The zero-order valence-electron chi connectivity index (χ0n) is 12.4. The van der Waals surface area contributed by atoms with Crippen molar-refractivity contribution >= 4 is 5.69 Å². The third kappa shape index (κ3) is 3.33. The Labute approximate surface area is 122 Å². The lowest BCUT2D eigenvalue weighted by molar-refractivity contribution is 0.0559. The molecule has 3 nitrogen and oxygen atoms in total. The van der Waals surface area contributed by atoms with E-state index in [4.69, 9.17) is 0 Å². The zero-order chi connectivity index (χ0) is 14.0. The van der Waals surface area contributed by atoms with E-state index in [0.717, 1.165) is 44.8 Å². The molecule has 0 heterocycles. The van der Waals surface area contributed by atoms with Gasteiger partial charge < -0.3 is 15.3 Å². The summed E-state index contributed by atoms with van der Waals surface area (Å²) in [7, 11) is 2.10. The molecule has 0 saturated heterocycles. The predicted molar refractivity (Wildman–Crippen MR) is 83.0 cm³/mol. The van der Waals surface area contributed by atoms with Gasteiger partial charge in [-0.2, -0.15) is 0 Å². The van der Waals surface area contributed by atoms with Gasteiger partial charge in [-0.3, -0.25) is 0 Å². The smallest absolute Gasteiger partial charge is 0.0821 e. The zero-order valence-corrected chi connectivity index (χ0v) is 12.4. The number of nitrogens with one attached hydrogen (secondary N) is 1. The molecule has 0 spiro atoms. The first-order valence-electron chi connectivity index (χ1n) is 7.91. The average molecular weight is 274 g/mol. The molecule has 2 aliphatic carbocycles. The fourth-order valence-corrected chi connectivity index (χ4v) is 3.29. The van der Waals surface area contributed by atoms with Gasteiger partial charge >= 0.3 is 0 Å². The number of para-hydroxylation sites is 1. The van der Waals surface area contributed by atoms with Crippen LogP contribution >= 0.6 is 0 Å². The van der Waals surface area contributed by atoms with E-state index in [0.29, 0.717) is 0 Å². The topological polar surface area (TPSA) is 35.5 Å². The highest BCUT2D eigenvalue weighted by molar-refractivity contribution is 5.53. The van der Waals surface area contributed by atoms with Crippen molar-refractivity contribution in [3.8, 4) is 0 Å². The number of hydrogen-bond donors (Lipinski definition) is 2. The van der Waals surface area contributed by atoms with Crippen molar-refractivity contribution in [2.24, 2.45) is 0 Å². The van der Waals surface area contributed by atoms with Crippen LogP contribution in [0, 0.1) is 0 Å². The number of hydrogen-bond acceptors (Lipinski definition) is 3. The lowest BCUT2D eigenvalue weighted by atomic mass is 10.0. The summed E-state index contributed by atoms with van der Waals surface area (Å²) in [6, 6.07) is 9.28. The van der Waals surface area contributed by atoms with E-state index in [1.54, 1.807) is 0 Å². The lowest BCUT2D eigenvalue weighted by Crippen LogP contribution is -2.39. The molecule has 110 valence electrons. The van der Waals surface area contributed by atoms with Crippen molar-refractivity contribution in [1.82, 2.24) is 5.32 Å². The van der Waals surface area contributed by atoms with Crippen molar-refractivity contribution in [1.29, 1.82) is 0 Å². The molecule has 0 aromatic heterocycles. The van der Waals surface area contributed by atoms with Crippen LogP contribution in [0.1, 0.15) is 44.1 Å². The highest BCUT2D eigenvalue weighted by Gasteiger charge is 2.32. The first-order valence-corrected chi connectivity index (χ1v) is 7.91. The molecule has 0 unspecified atom stereocenters. The van der Waals surface area contributed by atoms with Crippen molar-refractivity contribution < 1.29 is 5.11 Å². The maximum atomic E-state index is 10.6. The van der Waals surface area contributed by atoms with E-state index >= 15 is 0 Å². The molecule has 3 rings (SSSR count). The molecule has 2 saturated carbocycles. The Bertz CT molecular complexity index is 450. The average Bonchev–Trinajstić information content (AvgIpc) is 3.18. The summed E-state index contributed by atoms with van der Waals surface area (Å²) >= 11 is 0. The highest BCUT2D eigenvalue weighted by atomic mass is 16.3. The van der Waals surface area contributed by atoms with Gasteiger partial charge in [0.2, 0.25) is 0 Å². The molecule has 1 aromatic rings. The van der Waals surface area contributed by atoms with Crippen LogP contribution in [-0.2, 0) is 6.54 Å². The summed E-state index contributed by atoms with van der Waals surface area (Å²) in [6.45, 7) is 1.68. The minimum Gasteiger partial charge on any atom is -0.388 e. The van der Waals surface area contributed by atoms with Crippen molar-refractivity contribution in [3.63, 3.8) is 0 Å². The number of anilines is 1. The van der Waals surface area contributed by atoms with Gasteiger partial charge in [0.15, 0.2) is 0 Å². The molecule has 2 N–H and O–H groups in total. The van der Waals surface area contributed by atoms with E-state index in [-0.39, 0.29) is 0 Å². The molecule has 0 aliphatic heterocycles. The Morgan fingerprint density at radius 3 is 2.65 bits per heavy atom. The van der Waals surface area contributed by atoms with Crippen LogP contribution in [0.2, 0.25) is 0 Å². The summed E-state index contributed by atoms with van der Waals surface area (Å²) in [4.78, 5) is 2.23. The standard InChI is InChI=1S/C17H26N2O/c1-19(13-17(20)10-4-5-11-17)16-7-3-2-6-14(16)12-18-15-8-9-15/h2-3,6-7,15,18,20H,4-5,8-13H2,1H3. The second kappa shape index (κ2) is 5.74. The molecule has 0 radical (unpaired) electrons. The van der Waals surface area contributed by atoms with Crippen LogP contribution in [0.3, 0.4) is 0 Å². The molecular weight excluding hydrogens is 248 g/mol. The summed E-state index contributed by atoms with van der Waals surface area (Å²) in [5, 5.41) is 14.2. The normalized spacial score (nSPS) is 21.1. The first kappa shape index (κ1) is 13.9. The Morgan fingerprint density at radius 2 is 1.95 bits per heavy atom. The molecule has 2 aliphatic rings. The fraction of sp³-hybridized carbons (Fsp3) is 0.647. The van der Waals surface area contributed by atoms with E-state index in [2.05, 4.69) is 41.5 Å². The Hall–Kier alpha value is -1.06. The first-order chi connectivity index (χ1) is 9.66. The highest BCUT2D eigenvalue weighted by Crippen LogP contribution is 2.32. The van der Waals surface area contributed by atoms with Crippen LogP contribution in [0.4, 0.5) is 5.69 Å². The van der Waals surface area contributed by atoms with Crippen LogP contribution in [-0.4, -0.2) is 30.3 Å². The van der Waals surface area contributed by atoms with Crippen molar-refractivity contribution in [3.05, 3.63) is 29.8 Å². The van der Waals surface area contributed by atoms with Gasteiger partial charge in [0.1, 0.15) is 0 Å².